The van der Waals surface area contributed by atoms with E-state index in [1.54, 1.807) is 12.4 Å². The van der Waals surface area contributed by atoms with Crippen LogP contribution in [0.2, 0.25) is 0 Å². The summed E-state index contributed by atoms with van der Waals surface area (Å²) in [7, 11) is 1.93. The first kappa shape index (κ1) is 11.9. The predicted octanol–water partition coefficient (Wildman–Crippen LogP) is 2.08. The fourth-order valence-corrected chi connectivity index (χ4v) is 2.03. The molecule has 2 heterocycles. The van der Waals surface area contributed by atoms with Crippen LogP contribution in [0.3, 0.4) is 0 Å². The molecule has 0 spiro atoms. The van der Waals surface area contributed by atoms with E-state index in [2.05, 4.69) is 31.3 Å². The second-order valence-electron chi connectivity index (χ2n) is 3.82. The number of nitrogens with zero attached hydrogens (tertiary/aromatic N) is 3. The Morgan fingerprint density at radius 3 is 2.76 bits per heavy atom. The van der Waals surface area contributed by atoms with Crippen molar-refractivity contribution in [1.29, 1.82) is 0 Å². The number of nitrogen functional groups attached to an aromatic ring is 1. The standard InChI is InChI=1S/C11H14BrN5/c1-7-8(4-16-17(7)2)3-15-11-9(12)5-14-6-10(11)13/h4-6H,3,13H2,1-2H3,(H,14,15). The van der Waals surface area contributed by atoms with E-state index in [1.165, 1.54) is 0 Å². The minimum Gasteiger partial charge on any atom is -0.396 e. The van der Waals surface area contributed by atoms with E-state index in [0.717, 1.165) is 21.4 Å². The van der Waals surface area contributed by atoms with Crippen molar-refractivity contribution in [2.24, 2.45) is 7.05 Å². The van der Waals surface area contributed by atoms with Gasteiger partial charge in [0.25, 0.3) is 0 Å². The molecule has 2 aromatic heterocycles. The van der Waals surface area contributed by atoms with Gasteiger partial charge in [0.15, 0.2) is 0 Å². The first-order valence-corrected chi connectivity index (χ1v) is 5.99. The third kappa shape index (κ3) is 2.41. The maximum Gasteiger partial charge on any atom is 0.0752 e. The normalized spacial score (nSPS) is 10.5. The number of aromatic nitrogens is 3. The third-order valence-corrected chi connectivity index (χ3v) is 3.32. The van der Waals surface area contributed by atoms with E-state index in [-0.39, 0.29) is 0 Å². The molecule has 5 nitrogen and oxygen atoms in total. The largest absolute Gasteiger partial charge is 0.396 e. The Balaban J connectivity index is 2.15. The molecule has 0 fully saturated rings. The zero-order chi connectivity index (χ0) is 12.4. The highest BCUT2D eigenvalue weighted by molar-refractivity contribution is 9.10. The van der Waals surface area contributed by atoms with E-state index < -0.39 is 0 Å². The molecule has 0 atom stereocenters. The minimum atomic E-state index is 0.626. The first-order chi connectivity index (χ1) is 8.09. The molecule has 90 valence electrons. The van der Waals surface area contributed by atoms with Crippen molar-refractivity contribution < 1.29 is 0 Å². The lowest BCUT2D eigenvalue weighted by molar-refractivity contribution is 0.738. The molecule has 0 bridgehead atoms. The molecule has 0 aliphatic rings. The van der Waals surface area contributed by atoms with Crippen LogP contribution < -0.4 is 11.1 Å². The van der Waals surface area contributed by atoms with Gasteiger partial charge in [-0.3, -0.25) is 9.67 Å². The van der Waals surface area contributed by atoms with E-state index in [0.29, 0.717) is 12.2 Å². The number of nitrogens with two attached hydrogens (primary N) is 1. The zero-order valence-corrected chi connectivity index (χ0v) is 11.3. The summed E-state index contributed by atoms with van der Waals surface area (Å²) in [6, 6.07) is 0. The van der Waals surface area contributed by atoms with Crippen LogP contribution in [-0.4, -0.2) is 14.8 Å². The number of rotatable bonds is 3. The molecular formula is C11H14BrN5. The van der Waals surface area contributed by atoms with E-state index in [9.17, 15) is 0 Å². The maximum atomic E-state index is 5.85. The molecule has 2 rings (SSSR count). The van der Waals surface area contributed by atoms with E-state index in [4.69, 9.17) is 5.73 Å². The number of hydrogen-bond acceptors (Lipinski definition) is 4. The summed E-state index contributed by atoms with van der Waals surface area (Å²) in [5.41, 5.74) is 9.63. The zero-order valence-electron chi connectivity index (χ0n) is 9.74. The molecule has 0 unspecified atom stereocenters. The molecule has 17 heavy (non-hydrogen) atoms. The summed E-state index contributed by atoms with van der Waals surface area (Å²) < 4.78 is 2.71. The Labute approximate surface area is 108 Å². The summed E-state index contributed by atoms with van der Waals surface area (Å²) in [6.07, 6.45) is 5.20. The number of hydrogen-bond donors (Lipinski definition) is 2. The van der Waals surface area contributed by atoms with Gasteiger partial charge in [0.2, 0.25) is 0 Å². The Kier molecular flexibility index (Phi) is 3.33. The van der Waals surface area contributed by atoms with Gasteiger partial charge in [0, 0.05) is 31.0 Å². The van der Waals surface area contributed by atoms with Crippen molar-refractivity contribution in [1.82, 2.24) is 14.8 Å². The Hall–Kier alpha value is -1.56. The maximum absolute atomic E-state index is 5.85. The predicted molar refractivity (Wildman–Crippen MR) is 71.6 cm³/mol. The molecule has 0 aliphatic heterocycles. The van der Waals surface area contributed by atoms with Crippen molar-refractivity contribution in [2.45, 2.75) is 13.5 Å². The van der Waals surface area contributed by atoms with Gasteiger partial charge in [-0.1, -0.05) is 0 Å². The average molecular weight is 296 g/mol. The summed E-state index contributed by atoms with van der Waals surface area (Å²) in [5.74, 6) is 0. The average Bonchev–Trinajstić information content (AvgIpc) is 2.60. The summed E-state index contributed by atoms with van der Waals surface area (Å²) >= 11 is 3.42. The molecule has 0 aromatic carbocycles. The summed E-state index contributed by atoms with van der Waals surface area (Å²) in [6.45, 7) is 2.72. The van der Waals surface area contributed by atoms with Crippen LogP contribution in [0.4, 0.5) is 11.4 Å². The first-order valence-electron chi connectivity index (χ1n) is 5.20. The smallest absolute Gasteiger partial charge is 0.0752 e. The van der Waals surface area contributed by atoms with Crippen LogP contribution in [0.15, 0.2) is 23.1 Å². The molecule has 0 aliphatic carbocycles. The number of pyridine rings is 1. The highest BCUT2D eigenvalue weighted by atomic mass is 79.9. The van der Waals surface area contributed by atoms with E-state index >= 15 is 0 Å². The van der Waals surface area contributed by atoms with Crippen LogP contribution in [0.1, 0.15) is 11.3 Å². The lowest BCUT2D eigenvalue weighted by atomic mass is 10.2. The number of halogens is 1. The van der Waals surface area contributed by atoms with Crippen molar-refractivity contribution in [2.75, 3.05) is 11.1 Å². The molecule has 0 saturated heterocycles. The molecule has 0 saturated carbocycles. The highest BCUT2D eigenvalue weighted by Gasteiger charge is 2.07. The highest BCUT2D eigenvalue weighted by Crippen LogP contribution is 2.27. The molecule has 0 radical (unpaired) electrons. The third-order valence-electron chi connectivity index (χ3n) is 2.72. The fourth-order valence-electron chi connectivity index (χ4n) is 1.54. The van der Waals surface area contributed by atoms with Gasteiger partial charge in [-0.15, -0.1) is 0 Å². The second-order valence-corrected chi connectivity index (χ2v) is 4.67. The Bertz CT molecular complexity index is 514. The Morgan fingerprint density at radius 1 is 1.41 bits per heavy atom. The quantitative estimate of drug-likeness (QED) is 0.910. The lowest BCUT2D eigenvalue weighted by Crippen LogP contribution is -2.04. The Morgan fingerprint density at radius 2 is 2.18 bits per heavy atom. The van der Waals surface area contributed by atoms with Gasteiger partial charge < -0.3 is 11.1 Å². The number of aryl methyl sites for hydroxylation is 1. The molecule has 6 heteroatoms. The van der Waals surface area contributed by atoms with Crippen molar-refractivity contribution in [3.63, 3.8) is 0 Å². The second kappa shape index (κ2) is 4.75. The van der Waals surface area contributed by atoms with Crippen LogP contribution in [0.5, 0.6) is 0 Å². The fraction of sp³-hybridized carbons (Fsp3) is 0.273. The van der Waals surface area contributed by atoms with Crippen molar-refractivity contribution >= 4 is 27.3 Å². The van der Waals surface area contributed by atoms with Crippen LogP contribution in [-0.2, 0) is 13.6 Å². The van der Waals surface area contributed by atoms with E-state index in [1.807, 2.05) is 24.9 Å². The van der Waals surface area contributed by atoms with Gasteiger partial charge >= 0.3 is 0 Å². The van der Waals surface area contributed by atoms with Crippen LogP contribution in [0, 0.1) is 6.92 Å². The SMILES string of the molecule is Cc1c(CNc2c(N)cncc2Br)cnn1C. The van der Waals surface area contributed by atoms with Crippen molar-refractivity contribution in [3.8, 4) is 0 Å². The molecule has 2 aromatic rings. The molecule has 3 N–H and O–H groups in total. The molecular weight excluding hydrogens is 282 g/mol. The van der Waals surface area contributed by atoms with Gasteiger partial charge in [0.1, 0.15) is 0 Å². The number of anilines is 2. The van der Waals surface area contributed by atoms with Crippen molar-refractivity contribution in [3.05, 3.63) is 34.3 Å². The van der Waals surface area contributed by atoms with Gasteiger partial charge in [-0.2, -0.15) is 5.10 Å². The number of nitrogens with one attached hydrogen (secondary N) is 1. The topological polar surface area (TPSA) is 68.8 Å². The summed E-state index contributed by atoms with van der Waals surface area (Å²) in [5, 5.41) is 7.48. The molecule has 0 amide bonds. The van der Waals surface area contributed by atoms with Gasteiger partial charge in [0.05, 0.1) is 28.2 Å². The monoisotopic (exact) mass is 295 g/mol. The van der Waals surface area contributed by atoms with Gasteiger partial charge in [-0.25, -0.2) is 0 Å². The van der Waals surface area contributed by atoms with Crippen LogP contribution >= 0.6 is 15.9 Å². The van der Waals surface area contributed by atoms with Crippen LogP contribution in [0.25, 0.3) is 0 Å². The minimum absolute atomic E-state index is 0.626. The van der Waals surface area contributed by atoms with Gasteiger partial charge in [-0.05, 0) is 22.9 Å². The summed E-state index contributed by atoms with van der Waals surface area (Å²) in [4.78, 5) is 3.99. The lowest BCUT2D eigenvalue weighted by Gasteiger charge is -2.10.